The molecule has 1 saturated heterocycles. The van der Waals surface area contributed by atoms with E-state index in [4.69, 9.17) is 5.73 Å². The van der Waals surface area contributed by atoms with Crippen LogP contribution in [0.5, 0.6) is 0 Å². The molecule has 2 aromatic heterocycles. The Balaban J connectivity index is 1.50. The number of pyridine rings is 1. The lowest BCUT2D eigenvalue weighted by molar-refractivity contribution is 0.646. The zero-order valence-electron chi connectivity index (χ0n) is 17.2. The van der Waals surface area contributed by atoms with Gasteiger partial charge in [0.1, 0.15) is 17.8 Å². The first-order valence-electron chi connectivity index (χ1n) is 9.90. The topological polar surface area (TPSA) is 83.2 Å². The van der Waals surface area contributed by atoms with Crippen LogP contribution in [0.25, 0.3) is 0 Å². The minimum atomic E-state index is 0.553. The number of hydrogen-bond donors (Lipinski definition) is 2. The maximum Gasteiger partial charge on any atom is 0.160 e. The monoisotopic (exact) mass is 389 g/mol. The molecule has 150 valence electrons. The van der Waals surface area contributed by atoms with E-state index in [0.29, 0.717) is 11.5 Å². The van der Waals surface area contributed by atoms with Gasteiger partial charge in [0.15, 0.2) is 11.6 Å². The highest BCUT2D eigenvalue weighted by atomic mass is 15.3. The van der Waals surface area contributed by atoms with Crippen LogP contribution in [0.3, 0.4) is 0 Å². The smallest absolute Gasteiger partial charge is 0.160 e. The molecule has 1 aromatic carbocycles. The highest BCUT2D eigenvalue weighted by Crippen LogP contribution is 2.30. The van der Waals surface area contributed by atoms with Crippen molar-refractivity contribution in [3.8, 4) is 0 Å². The van der Waals surface area contributed by atoms with Crippen LogP contribution in [-0.2, 0) is 0 Å². The van der Waals surface area contributed by atoms with Crippen LogP contribution in [0.2, 0.25) is 0 Å². The molecule has 0 aliphatic carbocycles. The Hall–Kier alpha value is -3.35. The van der Waals surface area contributed by atoms with E-state index in [0.717, 1.165) is 43.4 Å². The van der Waals surface area contributed by atoms with Crippen LogP contribution in [0.1, 0.15) is 16.7 Å². The summed E-state index contributed by atoms with van der Waals surface area (Å²) in [6.45, 7) is 9.92. The first-order valence-corrected chi connectivity index (χ1v) is 9.90. The number of anilines is 5. The Morgan fingerprint density at radius 1 is 0.828 bits per heavy atom. The zero-order valence-corrected chi connectivity index (χ0v) is 17.2. The molecular formula is C22H27N7. The van der Waals surface area contributed by atoms with E-state index >= 15 is 0 Å². The van der Waals surface area contributed by atoms with Gasteiger partial charge in [-0.2, -0.15) is 0 Å². The van der Waals surface area contributed by atoms with E-state index < -0.39 is 0 Å². The molecule has 29 heavy (non-hydrogen) atoms. The largest absolute Gasteiger partial charge is 0.393 e. The fraction of sp³-hybridized carbons (Fsp3) is 0.318. The van der Waals surface area contributed by atoms with Gasteiger partial charge < -0.3 is 20.9 Å². The van der Waals surface area contributed by atoms with E-state index in [1.165, 1.54) is 16.8 Å². The van der Waals surface area contributed by atoms with Crippen LogP contribution in [0.4, 0.5) is 28.8 Å². The number of aryl methyl sites for hydroxylation is 2. The van der Waals surface area contributed by atoms with Gasteiger partial charge in [-0.1, -0.05) is 18.2 Å². The molecule has 1 aliphatic rings. The second-order valence-corrected chi connectivity index (χ2v) is 7.45. The van der Waals surface area contributed by atoms with Crippen LogP contribution in [0.15, 0.2) is 42.9 Å². The number of aromatic nitrogens is 3. The van der Waals surface area contributed by atoms with Crippen molar-refractivity contribution >= 4 is 28.8 Å². The van der Waals surface area contributed by atoms with E-state index in [9.17, 15) is 0 Å². The molecule has 3 N–H and O–H groups in total. The van der Waals surface area contributed by atoms with Gasteiger partial charge in [0.25, 0.3) is 0 Å². The third kappa shape index (κ3) is 3.81. The maximum absolute atomic E-state index is 6.43. The summed E-state index contributed by atoms with van der Waals surface area (Å²) in [5, 5.41) is 3.24. The molecule has 0 unspecified atom stereocenters. The lowest BCUT2D eigenvalue weighted by atomic mass is 10.1. The summed E-state index contributed by atoms with van der Waals surface area (Å²) in [6.07, 6.45) is 3.31. The number of piperazine rings is 1. The van der Waals surface area contributed by atoms with Gasteiger partial charge in [0, 0.05) is 38.1 Å². The van der Waals surface area contributed by atoms with Crippen molar-refractivity contribution in [1.82, 2.24) is 15.0 Å². The van der Waals surface area contributed by atoms with Crippen molar-refractivity contribution in [3.05, 3.63) is 59.5 Å². The van der Waals surface area contributed by atoms with Crippen molar-refractivity contribution in [2.24, 2.45) is 0 Å². The summed E-state index contributed by atoms with van der Waals surface area (Å²) >= 11 is 0. The van der Waals surface area contributed by atoms with Crippen molar-refractivity contribution in [2.45, 2.75) is 20.8 Å². The van der Waals surface area contributed by atoms with Crippen LogP contribution in [-0.4, -0.2) is 41.1 Å². The van der Waals surface area contributed by atoms with Gasteiger partial charge in [-0.15, -0.1) is 0 Å². The summed E-state index contributed by atoms with van der Waals surface area (Å²) < 4.78 is 0. The molecule has 1 fully saturated rings. The molecule has 0 radical (unpaired) electrons. The van der Waals surface area contributed by atoms with Gasteiger partial charge >= 0.3 is 0 Å². The number of nitrogens with one attached hydrogen (secondary N) is 1. The average molecular weight is 390 g/mol. The third-order valence-corrected chi connectivity index (χ3v) is 5.61. The molecule has 7 heteroatoms. The van der Waals surface area contributed by atoms with Crippen LogP contribution >= 0.6 is 0 Å². The van der Waals surface area contributed by atoms with E-state index in [2.05, 4.69) is 62.1 Å². The second kappa shape index (κ2) is 7.95. The van der Waals surface area contributed by atoms with Gasteiger partial charge in [-0.25, -0.2) is 15.0 Å². The fourth-order valence-corrected chi connectivity index (χ4v) is 3.70. The van der Waals surface area contributed by atoms with Gasteiger partial charge in [-0.05, 0) is 49.6 Å². The highest BCUT2D eigenvalue weighted by Gasteiger charge is 2.22. The second-order valence-electron chi connectivity index (χ2n) is 7.45. The van der Waals surface area contributed by atoms with Crippen LogP contribution < -0.4 is 20.9 Å². The number of benzene rings is 1. The Bertz CT molecular complexity index is 1010. The standard InChI is InChI=1S/C22H27N7/c1-15-6-4-8-18(17(15)3)28-10-12-29(13-11-28)22-19(23)21(25-14-26-22)27-20-16(2)7-5-9-24-20/h4-9,14H,10-13,23H2,1-3H3,(H,24,25,26,27). The normalized spacial score (nSPS) is 14.2. The number of nitrogen functional groups attached to an aromatic ring is 1. The molecule has 0 atom stereocenters. The Labute approximate surface area is 171 Å². The molecule has 4 rings (SSSR count). The van der Waals surface area contributed by atoms with Gasteiger partial charge in [-0.3, -0.25) is 0 Å². The molecule has 0 spiro atoms. The molecule has 0 saturated carbocycles. The first kappa shape index (κ1) is 19.0. The summed E-state index contributed by atoms with van der Waals surface area (Å²) in [5.74, 6) is 2.12. The number of hydrogen-bond acceptors (Lipinski definition) is 7. The minimum absolute atomic E-state index is 0.553. The Kier molecular flexibility index (Phi) is 5.20. The Morgan fingerprint density at radius 3 is 2.31 bits per heavy atom. The lowest BCUT2D eigenvalue weighted by Crippen LogP contribution is -2.47. The number of nitrogens with two attached hydrogens (primary N) is 1. The van der Waals surface area contributed by atoms with E-state index in [1.807, 2.05) is 19.1 Å². The van der Waals surface area contributed by atoms with Crippen molar-refractivity contribution in [2.75, 3.05) is 47.0 Å². The Morgan fingerprint density at radius 2 is 1.55 bits per heavy atom. The number of nitrogens with zero attached hydrogens (tertiary/aromatic N) is 5. The molecule has 0 bridgehead atoms. The summed E-state index contributed by atoms with van der Waals surface area (Å²) in [4.78, 5) is 17.8. The molecule has 0 amide bonds. The fourth-order valence-electron chi connectivity index (χ4n) is 3.70. The molecule has 3 aromatic rings. The van der Waals surface area contributed by atoms with Crippen LogP contribution in [0, 0.1) is 20.8 Å². The molecular weight excluding hydrogens is 362 g/mol. The average Bonchev–Trinajstić information content (AvgIpc) is 2.73. The first-order chi connectivity index (χ1) is 14.0. The van der Waals surface area contributed by atoms with Gasteiger partial charge in [0.05, 0.1) is 0 Å². The van der Waals surface area contributed by atoms with E-state index in [-0.39, 0.29) is 0 Å². The zero-order chi connectivity index (χ0) is 20.4. The lowest BCUT2D eigenvalue weighted by Gasteiger charge is -2.38. The number of rotatable bonds is 4. The van der Waals surface area contributed by atoms with Gasteiger partial charge in [0.2, 0.25) is 0 Å². The quantitative estimate of drug-likeness (QED) is 0.707. The highest BCUT2D eigenvalue weighted by molar-refractivity contribution is 5.78. The SMILES string of the molecule is Cc1cccnc1Nc1ncnc(N2CCN(c3cccc(C)c3C)CC2)c1N. The van der Waals surface area contributed by atoms with E-state index in [1.54, 1.807) is 12.5 Å². The van der Waals surface area contributed by atoms with Crippen molar-refractivity contribution < 1.29 is 0 Å². The summed E-state index contributed by atoms with van der Waals surface area (Å²) in [6, 6.07) is 10.4. The molecule has 1 aliphatic heterocycles. The summed E-state index contributed by atoms with van der Waals surface area (Å²) in [7, 11) is 0. The van der Waals surface area contributed by atoms with Crippen molar-refractivity contribution in [3.63, 3.8) is 0 Å². The predicted molar refractivity (Wildman–Crippen MR) is 119 cm³/mol. The minimum Gasteiger partial charge on any atom is -0.393 e. The summed E-state index contributed by atoms with van der Waals surface area (Å²) in [5.41, 5.74) is 12.0. The maximum atomic E-state index is 6.43. The molecule has 7 nitrogen and oxygen atoms in total. The third-order valence-electron chi connectivity index (χ3n) is 5.61. The van der Waals surface area contributed by atoms with Crippen molar-refractivity contribution in [1.29, 1.82) is 0 Å². The molecule has 3 heterocycles. The predicted octanol–water partition coefficient (Wildman–Crippen LogP) is 3.45.